The highest BCUT2D eigenvalue weighted by Crippen LogP contribution is 2.30. The van der Waals surface area contributed by atoms with Crippen LogP contribution in [0.3, 0.4) is 0 Å². The number of ketones is 1. The molecular weight excluding hydrogens is 318 g/mol. The average molecular weight is 333 g/mol. The monoisotopic (exact) mass is 333 g/mol. The van der Waals surface area contributed by atoms with Gasteiger partial charge < -0.3 is 0 Å². The molecule has 3 aromatic heterocycles. The molecule has 0 unspecified atom stereocenters. The zero-order valence-electron chi connectivity index (χ0n) is 13.4. The normalized spacial score (nSPS) is 11.1. The van der Waals surface area contributed by atoms with Gasteiger partial charge in [-0.15, -0.1) is 11.3 Å². The molecule has 4 rings (SSSR count). The number of aromatic nitrogens is 3. The summed E-state index contributed by atoms with van der Waals surface area (Å²) in [4.78, 5) is 22.3. The number of nitrogens with zero attached hydrogens (tertiary/aromatic N) is 3. The van der Waals surface area contributed by atoms with Crippen LogP contribution < -0.4 is 0 Å². The van der Waals surface area contributed by atoms with Gasteiger partial charge in [0.25, 0.3) is 0 Å². The molecule has 0 aliphatic carbocycles. The molecule has 0 N–H and O–H groups in total. The predicted octanol–water partition coefficient (Wildman–Crippen LogP) is 4.33. The molecule has 0 aliphatic heterocycles. The first kappa shape index (κ1) is 14.8. The number of hydrogen-bond donors (Lipinski definition) is 0. The van der Waals surface area contributed by atoms with Gasteiger partial charge in [0, 0.05) is 11.4 Å². The average Bonchev–Trinajstić information content (AvgIpc) is 3.23. The van der Waals surface area contributed by atoms with E-state index in [0.29, 0.717) is 10.6 Å². The topological polar surface area (TPSA) is 47.8 Å². The highest BCUT2D eigenvalue weighted by Gasteiger charge is 2.22. The van der Waals surface area contributed by atoms with E-state index >= 15 is 0 Å². The lowest BCUT2D eigenvalue weighted by atomic mass is 10.1. The molecule has 0 spiro atoms. The van der Waals surface area contributed by atoms with Crippen molar-refractivity contribution in [2.45, 2.75) is 13.8 Å². The fourth-order valence-electron chi connectivity index (χ4n) is 2.99. The number of para-hydroxylation sites is 1. The summed E-state index contributed by atoms with van der Waals surface area (Å²) < 4.78 is 2.08. The molecule has 0 saturated heterocycles. The van der Waals surface area contributed by atoms with Crippen LogP contribution in [0.15, 0.2) is 54.2 Å². The first-order valence-corrected chi connectivity index (χ1v) is 8.52. The van der Waals surface area contributed by atoms with Crippen LogP contribution in [-0.4, -0.2) is 20.3 Å². The van der Waals surface area contributed by atoms with Gasteiger partial charge in [0.05, 0.1) is 10.3 Å². The third-order valence-electron chi connectivity index (χ3n) is 4.27. The number of aryl methyl sites for hydroxylation is 1. The van der Waals surface area contributed by atoms with Gasteiger partial charge in [-0.05, 0) is 43.0 Å². The molecule has 0 saturated carbocycles. The second-order valence-corrected chi connectivity index (χ2v) is 6.56. The van der Waals surface area contributed by atoms with E-state index in [2.05, 4.69) is 14.5 Å². The lowest BCUT2D eigenvalue weighted by molar-refractivity contribution is 0.103. The molecule has 3 heterocycles. The first-order chi connectivity index (χ1) is 11.7. The summed E-state index contributed by atoms with van der Waals surface area (Å²) >= 11 is 1.43. The van der Waals surface area contributed by atoms with Crippen molar-refractivity contribution in [2.24, 2.45) is 0 Å². The predicted molar refractivity (Wildman–Crippen MR) is 96.1 cm³/mol. The van der Waals surface area contributed by atoms with Crippen LogP contribution in [0.25, 0.3) is 16.7 Å². The van der Waals surface area contributed by atoms with Crippen LogP contribution in [0.4, 0.5) is 0 Å². The summed E-state index contributed by atoms with van der Waals surface area (Å²) in [6.45, 7) is 4.06. The van der Waals surface area contributed by atoms with Gasteiger partial charge in [-0.25, -0.2) is 9.97 Å². The summed E-state index contributed by atoms with van der Waals surface area (Å²) in [5.41, 5.74) is 4.37. The Morgan fingerprint density at radius 2 is 1.83 bits per heavy atom. The van der Waals surface area contributed by atoms with Crippen molar-refractivity contribution in [3.63, 3.8) is 0 Å². The molecule has 0 radical (unpaired) electrons. The fourth-order valence-corrected chi connectivity index (χ4v) is 3.65. The second-order valence-electron chi connectivity index (χ2n) is 5.61. The van der Waals surface area contributed by atoms with E-state index < -0.39 is 0 Å². The summed E-state index contributed by atoms with van der Waals surface area (Å²) in [6.07, 6.45) is 1.47. The van der Waals surface area contributed by atoms with Gasteiger partial charge >= 0.3 is 0 Å². The second kappa shape index (κ2) is 5.69. The van der Waals surface area contributed by atoms with Gasteiger partial charge in [-0.2, -0.15) is 0 Å². The Morgan fingerprint density at radius 1 is 1.04 bits per heavy atom. The number of carbonyl (C=O) groups is 1. The van der Waals surface area contributed by atoms with Gasteiger partial charge in [-0.3, -0.25) is 9.36 Å². The van der Waals surface area contributed by atoms with Gasteiger partial charge in [0.15, 0.2) is 0 Å². The molecule has 1 aromatic carbocycles. The van der Waals surface area contributed by atoms with E-state index in [9.17, 15) is 4.79 Å². The molecule has 0 aliphatic rings. The Kier molecular flexibility index (Phi) is 3.50. The van der Waals surface area contributed by atoms with E-state index in [1.165, 1.54) is 17.7 Å². The Hall–Kier alpha value is -2.79. The maximum Gasteiger partial charge on any atom is 0.222 e. The molecule has 4 aromatic rings. The van der Waals surface area contributed by atoms with Crippen LogP contribution in [0.1, 0.15) is 26.6 Å². The largest absolute Gasteiger partial charge is 0.298 e. The number of hydrogen-bond acceptors (Lipinski definition) is 4. The summed E-state index contributed by atoms with van der Waals surface area (Å²) in [7, 11) is 0. The van der Waals surface area contributed by atoms with Crippen molar-refractivity contribution < 1.29 is 4.79 Å². The van der Waals surface area contributed by atoms with E-state index in [-0.39, 0.29) is 5.78 Å². The van der Waals surface area contributed by atoms with Gasteiger partial charge in [0.1, 0.15) is 17.7 Å². The minimum absolute atomic E-state index is 0.0503. The number of fused-ring (bicyclic) bond motifs is 1. The summed E-state index contributed by atoms with van der Waals surface area (Å²) in [5.74, 6) is -0.0503. The lowest BCUT2D eigenvalue weighted by Gasteiger charge is -2.07. The molecule has 0 atom stereocenters. The van der Waals surface area contributed by atoms with Crippen LogP contribution in [0.2, 0.25) is 0 Å². The number of rotatable bonds is 3. The molecule has 118 valence electrons. The van der Waals surface area contributed by atoms with E-state index in [0.717, 1.165) is 28.0 Å². The first-order valence-electron chi connectivity index (χ1n) is 7.64. The lowest BCUT2D eigenvalue weighted by Crippen LogP contribution is -2.04. The van der Waals surface area contributed by atoms with Crippen LogP contribution in [-0.2, 0) is 0 Å². The Morgan fingerprint density at radius 3 is 2.54 bits per heavy atom. The third kappa shape index (κ3) is 2.17. The highest BCUT2D eigenvalue weighted by molar-refractivity contribution is 7.12. The Labute approximate surface area is 143 Å². The standard InChI is InChI=1S/C19H15N3OS/c1-12-13(2)22(14-7-4-3-5-8-14)19-16(12)17(20-11-21-19)18(23)15-9-6-10-24-15/h3-11H,1-2H3. The SMILES string of the molecule is Cc1c(C)n(-c2ccccc2)c2ncnc(C(=O)c3cccs3)c12. The van der Waals surface area contributed by atoms with Crippen molar-refractivity contribution in [2.75, 3.05) is 0 Å². The van der Waals surface area contributed by atoms with E-state index in [1.807, 2.05) is 61.7 Å². The molecule has 0 bridgehead atoms. The number of carbonyl (C=O) groups excluding carboxylic acids is 1. The third-order valence-corrected chi connectivity index (χ3v) is 5.14. The van der Waals surface area contributed by atoms with Gasteiger partial charge in [-0.1, -0.05) is 24.3 Å². The van der Waals surface area contributed by atoms with Crippen molar-refractivity contribution in [1.29, 1.82) is 0 Å². The molecule has 5 heteroatoms. The fraction of sp³-hybridized carbons (Fsp3) is 0.105. The van der Waals surface area contributed by atoms with Crippen LogP contribution in [0, 0.1) is 13.8 Å². The Balaban J connectivity index is 2.01. The quantitative estimate of drug-likeness (QED) is 0.524. The van der Waals surface area contributed by atoms with E-state index in [1.54, 1.807) is 0 Å². The minimum Gasteiger partial charge on any atom is -0.298 e. The minimum atomic E-state index is -0.0503. The zero-order valence-corrected chi connectivity index (χ0v) is 14.2. The van der Waals surface area contributed by atoms with Crippen molar-refractivity contribution in [3.8, 4) is 5.69 Å². The van der Waals surface area contributed by atoms with Crippen LogP contribution >= 0.6 is 11.3 Å². The maximum atomic E-state index is 12.8. The molecule has 0 amide bonds. The van der Waals surface area contributed by atoms with E-state index in [4.69, 9.17) is 0 Å². The number of benzene rings is 1. The molecule has 24 heavy (non-hydrogen) atoms. The van der Waals surface area contributed by atoms with Crippen molar-refractivity contribution in [1.82, 2.24) is 14.5 Å². The Bertz CT molecular complexity index is 1030. The smallest absolute Gasteiger partial charge is 0.222 e. The number of thiophene rings is 1. The molecular formula is C19H15N3OS. The summed E-state index contributed by atoms with van der Waals surface area (Å²) in [6, 6.07) is 13.8. The van der Waals surface area contributed by atoms with Gasteiger partial charge in [0.2, 0.25) is 5.78 Å². The zero-order chi connectivity index (χ0) is 16.7. The summed E-state index contributed by atoms with van der Waals surface area (Å²) in [5, 5.41) is 2.73. The van der Waals surface area contributed by atoms with Crippen molar-refractivity contribution in [3.05, 3.63) is 76.0 Å². The highest BCUT2D eigenvalue weighted by atomic mass is 32.1. The molecule has 0 fully saturated rings. The van der Waals surface area contributed by atoms with Crippen LogP contribution in [0.5, 0.6) is 0 Å². The molecule has 4 nitrogen and oxygen atoms in total. The van der Waals surface area contributed by atoms with Crippen molar-refractivity contribution >= 4 is 28.2 Å². The maximum absolute atomic E-state index is 12.8.